The highest BCUT2D eigenvalue weighted by molar-refractivity contribution is 6.50. The minimum Gasteiger partial charge on any atom is -0.356 e. The van der Waals surface area contributed by atoms with Gasteiger partial charge in [-0.3, -0.25) is 4.99 Å². The smallest absolute Gasteiger partial charge is 0.191 e. The molecule has 5 heteroatoms. The van der Waals surface area contributed by atoms with Gasteiger partial charge in [0.1, 0.15) is 4.33 Å². The SMILES string of the molecule is ClC1(Cl)C[C@@H]1CNC1=NCCCCN1. The summed E-state index contributed by atoms with van der Waals surface area (Å²) in [6.45, 7) is 2.73. The van der Waals surface area contributed by atoms with Crippen molar-refractivity contribution in [3.8, 4) is 0 Å². The van der Waals surface area contributed by atoms with Crippen molar-refractivity contribution < 1.29 is 0 Å². The summed E-state index contributed by atoms with van der Waals surface area (Å²) in [6, 6.07) is 0. The van der Waals surface area contributed by atoms with Gasteiger partial charge in [-0.05, 0) is 19.3 Å². The molecule has 80 valence electrons. The van der Waals surface area contributed by atoms with Gasteiger partial charge in [0.2, 0.25) is 0 Å². The van der Waals surface area contributed by atoms with Crippen LogP contribution in [0.2, 0.25) is 0 Å². The Morgan fingerprint density at radius 2 is 2.29 bits per heavy atom. The van der Waals surface area contributed by atoms with Crippen molar-refractivity contribution in [1.29, 1.82) is 0 Å². The zero-order chi connectivity index (χ0) is 10.0. The fourth-order valence-corrected chi connectivity index (χ4v) is 2.05. The molecule has 1 saturated carbocycles. The Labute approximate surface area is 94.2 Å². The Kier molecular flexibility index (Phi) is 3.07. The van der Waals surface area contributed by atoms with Gasteiger partial charge in [0.05, 0.1) is 0 Å². The zero-order valence-corrected chi connectivity index (χ0v) is 9.53. The van der Waals surface area contributed by atoms with Crippen LogP contribution in [0.15, 0.2) is 4.99 Å². The molecule has 0 aromatic heterocycles. The van der Waals surface area contributed by atoms with E-state index < -0.39 is 4.33 Å². The monoisotopic (exact) mass is 235 g/mol. The lowest BCUT2D eigenvalue weighted by atomic mass is 10.3. The van der Waals surface area contributed by atoms with Gasteiger partial charge in [0.15, 0.2) is 5.96 Å². The molecule has 0 unspecified atom stereocenters. The normalized spacial score (nSPS) is 29.9. The van der Waals surface area contributed by atoms with Gasteiger partial charge in [0.25, 0.3) is 0 Å². The molecule has 3 nitrogen and oxygen atoms in total. The van der Waals surface area contributed by atoms with Crippen molar-refractivity contribution in [2.24, 2.45) is 10.9 Å². The molecule has 1 aliphatic carbocycles. The molecular weight excluding hydrogens is 221 g/mol. The van der Waals surface area contributed by atoms with Gasteiger partial charge in [-0.2, -0.15) is 0 Å². The van der Waals surface area contributed by atoms with Gasteiger partial charge in [-0.25, -0.2) is 0 Å². The number of hydrogen-bond donors (Lipinski definition) is 2. The van der Waals surface area contributed by atoms with E-state index in [0.717, 1.165) is 38.4 Å². The van der Waals surface area contributed by atoms with Gasteiger partial charge in [0, 0.05) is 25.6 Å². The van der Waals surface area contributed by atoms with Crippen LogP contribution in [0.4, 0.5) is 0 Å². The minimum absolute atomic E-state index is 0.374. The maximum atomic E-state index is 5.92. The van der Waals surface area contributed by atoms with Crippen molar-refractivity contribution in [2.75, 3.05) is 19.6 Å². The van der Waals surface area contributed by atoms with Crippen LogP contribution in [0.3, 0.4) is 0 Å². The largest absolute Gasteiger partial charge is 0.356 e. The first-order chi connectivity index (χ1) is 6.68. The number of aliphatic imine (C=N–C) groups is 1. The summed E-state index contributed by atoms with van der Waals surface area (Å²) in [5.41, 5.74) is 0. The second-order valence-electron chi connectivity index (χ2n) is 3.91. The van der Waals surface area contributed by atoms with Gasteiger partial charge >= 0.3 is 0 Å². The number of rotatable bonds is 2. The molecule has 2 N–H and O–H groups in total. The van der Waals surface area contributed by atoms with Crippen LogP contribution in [-0.2, 0) is 0 Å². The van der Waals surface area contributed by atoms with E-state index >= 15 is 0 Å². The highest BCUT2D eigenvalue weighted by Gasteiger charge is 2.51. The highest BCUT2D eigenvalue weighted by Crippen LogP contribution is 2.52. The van der Waals surface area contributed by atoms with E-state index in [0.29, 0.717) is 5.92 Å². The fraction of sp³-hybridized carbons (Fsp3) is 0.889. The number of hydrogen-bond acceptors (Lipinski definition) is 3. The summed E-state index contributed by atoms with van der Waals surface area (Å²) in [5.74, 6) is 1.28. The Hall–Kier alpha value is -0.150. The maximum absolute atomic E-state index is 5.92. The summed E-state index contributed by atoms with van der Waals surface area (Å²) < 4.78 is -0.488. The molecule has 0 aromatic carbocycles. The molecule has 1 atom stereocenters. The van der Waals surface area contributed by atoms with Crippen molar-refractivity contribution in [1.82, 2.24) is 10.6 Å². The summed E-state index contributed by atoms with van der Waals surface area (Å²) in [5, 5.41) is 6.49. The number of halogens is 2. The maximum Gasteiger partial charge on any atom is 0.191 e. The number of alkyl halides is 2. The first-order valence-corrected chi connectivity index (χ1v) is 5.84. The molecule has 14 heavy (non-hydrogen) atoms. The van der Waals surface area contributed by atoms with E-state index in [1.165, 1.54) is 6.42 Å². The lowest BCUT2D eigenvalue weighted by Crippen LogP contribution is -2.38. The first kappa shape index (κ1) is 10.4. The van der Waals surface area contributed by atoms with Crippen molar-refractivity contribution in [3.05, 3.63) is 0 Å². The van der Waals surface area contributed by atoms with Crippen LogP contribution in [0.25, 0.3) is 0 Å². The highest BCUT2D eigenvalue weighted by atomic mass is 35.5. The Bertz CT molecular complexity index is 240. The molecule has 0 radical (unpaired) electrons. The number of nitrogens with zero attached hydrogens (tertiary/aromatic N) is 1. The van der Waals surface area contributed by atoms with Gasteiger partial charge < -0.3 is 10.6 Å². The Balaban J connectivity index is 1.72. The van der Waals surface area contributed by atoms with Crippen LogP contribution in [0.5, 0.6) is 0 Å². The lowest BCUT2D eigenvalue weighted by Gasteiger charge is -2.09. The molecule has 1 heterocycles. The molecule has 0 bridgehead atoms. The average Bonchev–Trinajstić information content (AvgIpc) is 2.81. The number of guanidine groups is 1. The molecule has 0 amide bonds. The summed E-state index contributed by atoms with van der Waals surface area (Å²) in [4.78, 5) is 4.38. The van der Waals surface area contributed by atoms with E-state index in [9.17, 15) is 0 Å². The standard InChI is InChI=1S/C9H15Cl2N3/c10-9(11)5-7(9)6-14-8-12-3-1-2-4-13-8/h7H,1-6H2,(H2,12,13,14)/t7-/m1/s1. The van der Waals surface area contributed by atoms with Crippen molar-refractivity contribution in [3.63, 3.8) is 0 Å². The fourth-order valence-electron chi connectivity index (χ4n) is 1.52. The third-order valence-electron chi connectivity index (χ3n) is 2.62. The van der Waals surface area contributed by atoms with Crippen LogP contribution in [0.1, 0.15) is 19.3 Å². The molecule has 0 saturated heterocycles. The molecule has 1 aliphatic heterocycles. The van der Waals surface area contributed by atoms with E-state index in [4.69, 9.17) is 23.2 Å². The first-order valence-electron chi connectivity index (χ1n) is 5.08. The number of nitrogens with one attached hydrogen (secondary N) is 2. The molecule has 2 rings (SSSR count). The minimum atomic E-state index is -0.488. The van der Waals surface area contributed by atoms with E-state index in [1.807, 2.05) is 0 Å². The Morgan fingerprint density at radius 3 is 3.00 bits per heavy atom. The Morgan fingerprint density at radius 1 is 1.50 bits per heavy atom. The molecule has 0 aromatic rings. The molecular formula is C9H15Cl2N3. The predicted molar refractivity (Wildman–Crippen MR) is 60.1 cm³/mol. The van der Waals surface area contributed by atoms with E-state index in [1.54, 1.807) is 0 Å². The second kappa shape index (κ2) is 4.15. The van der Waals surface area contributed by atoms with Crippen molar-refractivity contribution >= 4 is 29.2 Å². The topological polar surface area (TPSA) is 36.4 Å². The quantitative estimate of drug-likeness (QED) is 0.713. The second-order valence-corrected chi connectivity index (χ2v) is 5.45. The third kappa shape index (κ3) is 2.67. The van der Waals surface area contributed by atoms with Gasteiger partial charge in [-0.1, -0.05) is 0 Å². The van der Waals surface area contributed by atoms with Crippen molar-refractivity contribution in [2.45, 2.75) is 23.6 Å². The van der Waals surface area contributed by atoms with E-state index in [2.05, 4.69) is 15.6 Å². The zero-order valence-electron chi connectivity index (χ0n) is 8.02. The molecule has 2 aliphatic rings. The van der Waals surface area contributed by atoms with Crippen LogP contribution < -0.4 is 10.6 Å². The van der Waals surface area contributed by atoms with Gasteiger partial charge in [-0.15, -0.1) is 23.2 Å². The molecule has 0 spiro atoms. The predicted octanol–water partition coefficient (Wildman–Crippen LogP) is 1.51. The van der Waals surface area contributed by atoms with E-state index in [-0.39, 0.29) is 0 Å². The molecule has 1 fully saturated rings. The summed E-state index contributed by atoms with van der Waals surface area (Å²) in [6.07, 6.45) is 3.24. The third-order valence-corrected chi connectivity index (χ3v) is 3.54. The lowest BCUT2D eigenvalue weighted by molar-refractivity contribution is 0.723. The van der Waals surface area contributed by atoms with Crippen LogP contribution >= 0.6 is 23.2 Å². The summed E-state index contributed by atoms with van der Waals surface area (Å²) >= 11 is 11.8. The summed E-state index contributed by atoms with van der Waals surface area (Å²) in [7, 11) is 0. The van der Waals surface area contributed by atoms with Crippen LogP contribution in [0, 0.1) is 5.92 Å². The van der Waals surface area contributed by atoms with Crippen LogP contribution in [-0.4, -0.2) is 29.9 Å². The average molecular weight is 236 g/mol.